The number of allylic oxidation sites excluding steroid dienone is 6. The number of nitrogens with zero attached hydrogens (tertiary/aromatic N) is 4. The Labute approximate surface area is 297 Å². The van der Waals surface area contributed by atoms with Crippen LogP contribution >= 0.6 is 15.9 Å². The molecule has 1 aliphatic heterocycles. The Morgan fingerprint density at radius 2 is 1.55 bits per heavy atom. The van der Waals surface area contributed by atoms with Gasteiger partial charge in [-0.15, -0.1) is 13.2 Å². The molecule has 2 amide bonds. The van der Waals surface area contributed by atoms with Gasteiger partial charge in [-0.3, -0.25) is 24.1 Å². The number of benzene rings is 3. The molecule has 0 radical (unpaired) electrons. The van der Waals surface area contributed by atoms with Gasteiger partial charge >= 0.3 is 6.36 Å². The quantitative estimate of drug-likeness (QED) is 0.118. The summed E-state index contributed by atoms with van der Waals surface area (Å²) in [5.74, 6) is -6.80. The van der Waals surface area contributed by atoms with Gasteiger partial charge in [-0.25, -0.2) is 0 Å². The van der Waals surface area contributed by atoms with Crippen LogP contribution in [0.3, 0.4) is 0 Å². The fraction of sp³-hybridized carbons (Fsp3) is 0.243. The van der Waals surface area contributed by atoms with E-state index in [4.69, 9.17) is 0 Å². The predicted octanol–water partition coefficient (Wildman–Crippen LogP) is 7.74. The van der Waals surface area contributed by atoms with Crippen molar-refractivity contribution in [2.24, 2.45) is 28.0 Å². The van der Waals surface area contributed by atoms with Gasteiger partial charge in [0.2, 0.25) is 11.8 Å². The lowest BCUT2D eigenvalue weighted by Crippen LogP contribution is -2.39. The molecular weight excluding hydrogens is 733 g/mol. The number of aromatic hydroxyl groups is 1. The van der Waals surface area contributed by atoms with Gasteiger partial charge < -0.3 is 14.7 Å². The Kier molecular flexibility index (Phi) is 8.52. The third-order valence-corrected chi connectivity index (χ3v) is 10.2. The maximum atomic E-state index is 14.2. The normalized spacial score (nSPS) is 23.2. The van der Waals surface area contributed by atoms with Gasteiger partial charge in [-0.2, -0.15) is 10.2 Å². The van der Waals surface area contributed by atoms with Crippen LogP contribution in [0.5, 0.6) is 11.5 Å². The van der Waals surface area contributed by atoms with Crippen LogP contribution in [0.1, 0.15) is 24.3 Å². The van der Waals surface area contributed by atoms with Crippen LogP contribution in [0.4, 0.5) is 35.9 Å². The zero-order chi connectivity index (χ0) is 36.4. The van der Waals surface area contributed by atoms with Crippen LogP contribution in [0.15, 0.2) is 110 Å². The number of Topliss-reactive ketones (excluding diaryl/α,β-unsaturated/α-hetero) is 1. The van der Waals surface area contributed by atoms with Crippen molar-refractivity contribution in [1.29, 1.82) is 0 Å². The van der Waals surface area contributed by atoms with E-state index in [1.165, 1.54) is 0 Å². The summed E-state index contributed by atoms with van der Waals surface area (Å²) in [7, 11) is 3.86. The molecule has 3 aromatic rings. The van der Waals surface area contributed by atoms with E-state index >= 15 is 0 Å². The number of rotatable bonds is 6. The van der Waals surface area contributed by atoms with E-state index in [0.717, 1.165) is 34.9 Å². The number of phenolic OH excluding ortho intramolecular Hbond substituents is 1. The van der Waals surface area contributed by atoms with E-state index in [9.17, 15) is 37.5 Å². The van der Waals surface area contributed by atoms with Crippen LogP contribution in [0.25, 0.3) is 0 Å². The first-order chi connectivity index (χ1) is 24.2. The lowest BCUT2D eigenvalue weighted by Gasteiger charge is -2.42. The fourth-order valence-electron chi connectivity index (χ4n) is 7.38. The van der Waals surface area contributed by atoms with Gasteiger partial charge in [0, 0.05) is 48.5 Å². The smallest absolute Gasteiger partial charge is 0.508 e. The molecule has 260 valence electrons. The number of amides is 2. The first-order valence-electron chi connectivity index (χ1n) is 15.9. The summed E-state index contributed by atoms with van der Waals surface area (Å²) in [6, 6.07) is 16.8. The number of azo groups is 1. The monoisotopic (exact) mass is 760 g/mol. The van der Waals surface area contributed by atoms with Crippen LogP contribution < -0.4 is 14.5 Å². The number of hydrogen-bond donors (Lipinski definition) is 1. The van der Waals surface area contributed by atoms with E-state index in [0.29, 0.717) is 22.6 Å². The highest BCUT2D eigenvalue weighted by Crippen LogP contribution is 2.57. The second kappa shape index (κ2) is 12.7. The Morgan fingerprint density at radius 1 is 0.902 bits per heavy atom. The molecule has 1 fully saturated rings. The molecule has 4 unspecified atom stereocenters. The number of ketones is 2. The number of carbonyl (C=O) groups is 4. The van der Waals surface area contributed by atoms with Crippen LogP contribution in [-0.4, -0.2) is 48.9 Å². The molecule has 1 N–H and O–H groups in total. The number of carbonyl (C=O) groups excluding carboxylic acids is 4. The van der Waals surface area contributed by atoms with Crippen molar-refractivity contribution in [2.75, 3.05) is 23.9 Å². The molecule has 0 aromatic heterocycles. The van der Waals surface area contributed by atoms with Crippen molar-refractivity contribution in [1.82, 2.24) is 0 Å². The van der Waals surface area contributed by atoms with Crippen molar-refractivity contribution >= 4 is 62.1 Å². The molecule has 1 saturated heterocycles. The highest BCUT2D eigenvalue weighted by Gasteiger charge is 2.57. The Hall–Kier alpha value is -5.37. The molecule has 10 nitrogen and oxygen atoms in total. The van der Waals surface area contributed by atoms with Crippen LogP contribution in [0.2, 0.25) is 0 Å². The maximum absolute atomic E-state index is 14.2. The van der Waals surface area contributed by atoms with Crippen molar-refractivity contribution in [3.63, 3.8) is 0 Å². The van der Waals surface area contributed by atoms with Crippen LogP contribution in [-0.2, 0) is 19.2 Å². The van der Waals surface area contributed by atoms with Crippen molar-refractivity contribution < 1.29 is 42.2 Å². The molecule has 7 rings (SSSR count). The average Bonchev–Trinajstić information content (AvgIpc) is 3.35. The highest BCUT2D eigenvalue weighted by atomic mass is 79.9. The van der Waals surface area contributed by atoms with E-state index in [2.05, 4.69) is 30.9 Å². The third-order valence-electron chi connectivity index (χ3n) is 9.63. The van der Waals surface area contributed by atoms with Crippen molar-refractivity contribution in [3.8, 4) is 11.5 Å². The number of alkyl halides is 3. The second-order valence-electron chi connectivity index (χ2n) is 12.8. The van der Waals surface area contributed by atoms with Gasteiger partial charge in [0.1, 0.15) is 11.5 Å². The molecular formula is C37H28BrF3N4O6. The minimum Gasteiger partial charge on any atom is -0.508 e. The standard InChI is InChI=1S/C37H28BrF3N4O6/c1-44(2)20-7-3-18(4-8-20)42-43-19-5-9-21(10-6-19)45-35(49)24-13-12-23-25(32(24)36(45)50)16-27-33(30(47)17-28(38)34(27)48)31(23)26-15-22(11-14-29(26)46)51-37(39,40)41/h3-12,14-15,17,24-25,31-32,46H,13,16H2,1-2H3. The van der Waals surface area contributed by atoms with E-state index < -0.39 is 64.9 Å². The van der Waals surface area contributed by atoms with E-state index in [1.807, 2.05) is 43.3 Å². The zero-order valence-corrected chi connectivity index (χ0v) is 28.6. The summed E-state index contributed by atoms with van der Waals surface area (Å²) in [4.78, 5) is 58.1. The Bertz CT molecular complexity index is 2120. The molecule has 4 atom stereocenters. The van der Waals surface area contributed by atoms with Gasteiger partial charge in [-0.1, -0.05) is 11.6 Å². The van der Waals surface area contributed by atoms with Crippen molar-refractivity contribution in [3.05, 3.63) is 106 Å². The second-order valence-corrected chi connectivity index (χ2v) is 13.7. The fourth-order valence-corrected chi connectivity index (χ4v) is 7.83. The molecule has 0 bridgehead atoms. The molecule has 0 spiro atoms. The number of ether oxygens (including phenoxy) is 1. The summed E-state index contributed by atoms with van der Waals surface area (Å²) < 4.78 is 43.6. The summed E-state index contributed by atoms with van der Waals surface area (Å²) in [6.07, 6.45) is -2.21. The largest absolute Gasteiger partial charge is 0.573 e. The number of anilines is 2. The number of halogens is 4. The summed E-state index contributed by atoms with van der Waals surface area (Å²) in [5, 5.41) is 19.5. The topological polar surface area (TPSA) is 129 Å². The van der Waals surface area contributed by atoms with Gasteiger partial charge in [0.25, 0.3) is 0 Å². The van der Waals surface area contributed by atoms with Gasteiger partial charge in [0.15, 0.2) is 11.6 Å². The Morgan fingerprint density at radius 3 is 2.18 bits per heavy atom. The van der Waals surface area contributed by atoms with E-state index in [-0.39, 0.29) is 34.0 Å². The summed E-state index contributed by atoms with van der Waals surface area (Å²) >= 11 is 3.14. The summed E-state index contributed by atoms with van der Waals surface area (Å²) in [6.45, 7) is 0. The molecule has 51 heavy (non-hydrogen) atoms. The average molecular weight is 762 g/mol. The third kappa shape index (κ3) is 6.17. The van der Waals surface area contributed by atoms with Crippen molar-refractivity contribution in [2.45, 2.75) is 25.1 Å². The number of fused-ring (bicyclic) bond motifs is 3. The minimum absolute atomic E-state index is 0.00404. The molecule has 3 aromatic carbocycles. The zero-order valence-electron chi connectivity index (χ0n) is 27.0. The highest BCUT2D eigenvalue weighted by molar-refractivity contribution is 9.12. The first-order valence-corrected chi connectivity index (χ1v) is 16.7. The first kappa shape index (κ1) is 34.1. The molecule has 1 heterocycles. The molecule has 3 aliphatic carbocycles. The lowest BCUT2D eigenvalue weighted by molar-refractivity contribution is -0.274. The maximum Gasteiger partial charge on any atom is 0.573 e. The van der Waals surface area contributed by atoms with E-state index in [1.54, 1.807) is 30.3 Å². The molecule has 14 heteroatoms. The predicted molar refractivity (Wildman–Crippen MR) is 183 cm³/mol. The number of imide groups is 1. The minimum atomic E-state index is -5.03. The molecule has 4 aliphatic rings. The SMILES string of the molecule is CN(C)c1ccc(N=Nc2ccc(N3C(=O)C4CC=C5C(c6cc(OC(F)(F)F)ccc6O)C6=C(CC5C4C3=O)C(=O)C(Br)=CC6=O)cc2)cc1. The Balaban J connectivity index is 1.21. The number of hydrogen-bond acceptors (Lipinski definition) is 9. The lowest BCUT2D eigenvalue weighted by atomic mass is 9.59. The molecule has 0 saturated carbocycles. The van der Waals surface area contributed by atoms with Crippen LogP contribution in [0, 0.1) is 17.8 Å². The van der Waals surface area contributed by atoms with Gasteiger partial charge in [-0.05, 0) is 101 Å². The summed E-state index contributed by atoms with van der Waals surface area (Å²) in [5.41, 5.74) is 2.86. The number of phenols is 1. The van der Waals surface area contributed by atoms with Gasteiger partial charge in [0.05, 0.1) is 33.4 Å².